The zero-order valence-corrected chi connectivity index (χ0v) is 7.05. The lowest BCUT2D eigenvalue weighted by molar-refractivity contribution is -0.162. The maximum Gasteiger partial charge on any atom is 0.159 e. The summed E-state index contributed by atoms with van der Waals surface area (Å²) in [5.41, 5.74) is 4.43. The number of alkyl halides is 1. The molecule has 0 saturated carbocycles. The third-order valence-corrected chi connectivity index (χ3v) is 2.28. The van der Waals surface area contributed by atoms with Gasteiger partial charge in [-0.25, -0.2) is 0 Å². The van der Waals surface area contributed by atoms with Crippen LogP contribution in [0.25, 0.3) is 0 Å². The van der Waals surface area contributed by atoms with Crippen molar-refractivity contribution in [3.63, 3.8) is 0 Å². The molecule has 1 aliphatic rings. The summed E-state index contributed by atoms with van der Waals surface area (Å²) >= 11 is 5.53. The molecule has 6 heteroatoms. The van der Waals surface area contributed by atoms with Gasteiger partial charge < -0.3 is 25.8 Å². The Labute approximate surface area is 74.7 Å². The summed E-state index contributed by atoms with van der Waals surface area (Å²) in [5, 5.41) is 27.2. The normalized spacial score (nSPS) is 49.2. The molecule has 0 aromatic heterocycles. The summed E-state index contributed by atoms with van der Waals surface area (Å²) in [6, 6.07) is -0.876. The smallest absolute Gasteiger partial charge is 0.159 e. The first-order valence-electron chi connectivity index (χ1n) is 3.60. The minimum Gasteiger partial charge on any atom is -0.394 e. The van der Waals surface area contributed by atoms with Gasteiger partial charge in [-0.15, -0.1) is 0 Å². The van der Waals surface area contributed by atoms with Crippen molar-refractivity contribution in [2.45, 2.75) is 29.9 Å². The lowest BCUT2D eigenvalue weighted by Gasteiger charge is -2.38. The van der Waals surface area contributed by atoms with Crippen molar-refractivity contribution in [1.82, 2.24) is 0 Å². The highest BCUT2D eigenvalue weighted by molar-refractivity contribution is 6.20. The van der Waals surface area contributed by atoms with Crippen LogP contribution in [-0.2, 0) is 4.74 Å². The van der Waals surface area contributed by atoms with Gasteiger partial charge in [0, 0.05) is 0 Å². The molecule has 0 amide bonds. The molecule has 5 nitrogen and oxygen atoms in total. The van der Waals surface area contributed by atoms with Crippen LogP contribution in [0.1, 0.15) is 0 Å². The van der Waals surface area contributed by atoms with E-state index in [4.69, 9.17) is 27.2 Å². The predicted octanol–water partition coefficient (Wildman–Crippen LogP) is -2.01. The van der Waals surface area contributed by atoms with E-state index < -0.39 is 29.9 Å². The Morgan fingerprint density at radius 1 is 1.33 bits per heavy atom. The largest absolute Gasteiger partial charge is 0.394 e. The van der Waals surface area contributed by atoms with Crippen molar-refractivity contribution >= 4 is 11.6 Å². The summed E-state index contributed by atoms with van der Waals surface area (Å²) in [4.78, 5) is 0. The van der Waals surface area contributed by atoms with Crippen molar-refractivity contribution in [1.29, 1.82) is 0 Å². The SMILES string of the molecule is N[C@@H]1[C@@H](O)[C@@H](Cl)O[C@H](CO)[C@H]1O. The molecule has 1 fully saturated rings. The second-order valence-corrected chi connectivity index (χ2v) is 3.20. The number of halogens is 1. The average Bonchev–Trinajstić information content (AvgIpc) is 2.08. The Morgan fingerprint density at radius 3 is 2.42 bits per heavy atom. The van der Waals surface area contributed by atoms with Crippen molar-refractivity contribution in [3.05, 3.63) is 0 Å². The number of aliphatic hydroxyl groups is 3. The molecule has 1 aliphatic heterocycles. The van der Waals surface area contributed by atoms with Crippen LogP contribution in [0.4, 0.5) is 0 Å². The molecule has 0 aromatic carbocycles. The van der Waals surface area contributed by atoms with E-state index in [1.165, 1.54) is 0 Å². The Hall–Kier alpha value is 0.0900. The van der Waals surface area contributed by atoms with E-state index in [2.05, 4.69) is 0 Å². The quantitative estimate of drug-likeness (QED) is 0.365. The molecule has 0 radical (unpaired) electrons. The third-order valence-electron chi connectivity index (χ3n) is 1.92. The molecule has 0 unspecified atom stereocenters. The molecule has 5 N–H and O–H groups in total. The zero-order valence-electron chi connectivity index (χ0n) is 6.30. The van der Waals surface area contributed by atoms with Crippen LogP contribution in [0.15, 0.2) is 0 Å². The molecule has 5 atom stereocenters. The van der Waals surface area contributed by atoms with E-state index >= 15 is 0 Å². The van der Waals surface area contributed by atoms with Gasteiger partial charge in [-0.1, -0.05) is 11.6 Å². The third kappa shape index (κ3) is 1.71. The number of rotatable bonds is 1. The highest BCUT2D eigenvalue weighted by Crippen LogP contribution is 2.21. The van der Waals surface area contributed by atoms with Crippen LogP contribution in [0.5, 0.6) is 0 Å². The van der Waals surface area contributed by atoms with Crippen LogP contribution < -0.4 is 5.73 Å². The molecule has 0 aliphatic carbocycles. The Bertz CT molecular complexity index is 154. The first kappa shape index (κ1) is 10.2. The maximum atomic E-state index is 9.30. The second-order valence-electron chi connectivity index (χ2n) is 2.77. The van der Waals surface area contributed by atoms with E-state index in [-0.39, 0.29) is 6.61 Å². The van der Waals surface area contributed by atoms with Gasteiger partial charge in [-0.05, 0) is 0 Å². The Balaban J connectivity index is 2.63. The number of hydrogen-bond donors (Lipinski definition) is 4. The van der Waals surface area contributed by atoms with Crippen LogP contribution in [0.3, 0.4) is 0 Å². The van der Waals surface area contributed by atoms with E-state index in [1.807, 2.05) is 0 Å². The van der Waals surface area contributed by atoms with Gasteiger partial charge in [0.25, 0.3) is 0 Å². The molecular weight excluding hydrogens is 186 g/mol. The van der Waals surface area contributed by atoms with Crippen molar-refractivity contribution < 1.29 is 20.1 Å². The van der Waals surface area contributed by atoms with Crippen LogP contribution >= 0.6 is 11.6 Å². The van der Waals surface area contributed by atoms with Crippen LogP contribution in [-0.4, -0.2) is 51.8 Å². The van der Waals surface area contributed by atoms with Gasteiger partial charge in [0.05, 0.1) is 12.6 Å². The molecule has 1 saturated heterocycles. The molecule has 0 spiro atoms. The summed E-state index contributed by atoms with van der Waals surface area (Å²) in [6.07, 6.45) is -3.00. The standard InChI is InChI=1S/C6H12ClNO4/c7-6-5(11)3(8)4(10)2(1-9)12-6/h2-6,9-11H,1,8H2/t2-,3+,4-,5-,6+/m1/s1. The lowest BCUT2D eigenvalue weighted by Crippen LogP contribution is -2.60. The van der Waals surface area contributed by atoms with Gasteiger partial charge in [0.2, 0.25) is 0 Å². The predicted molar refractivity (Wildman–Crippen MR) is 41.6 cm³/mol. The van der Waals surface area contributed by atoms with Crippen LogP contribution in [0.2, 0.25) is 0 Å². The number of ether oxygens (including phenoxy) is 1. The number of aliphatic hydroxyl groups excluding tert-OH is 3. The van der Waals surface area contributed by atoms with Gasteiger partial charge in [-0.3, -0.25) is 0 Å². The minimum absolute atomic E-state index is 0.370. The average molecular weight is 198 g/mol. The Morgan fingerprint density at radius 2 is 1.92 bits per heavy atom. The molecule has 0 bridgehead atoms. The summed E-state index contributed by atoms with van der Waals surface area (Å²) in [7, 11) is 0. The van der Waals surface area contributed by atoms with Gasteiger partial charge in [-0.2, -0.15) is 0 Å². The highest BCUT2D eigenvalue weighted by Gasteiger charge is 2.41. The van der Waals surface area contributed by atoms with E-state index in [0.717, 1.165) is 0 Å². The molecular formula is C6H12ClNO4. The first-order valence-corrected chi connectivity index (χ1v) is 4.03. The summed E-state index contributed by atoms with van der Waals surface area (Å²) < 4.78 is 4.87. The van der Waals surface area contributed by atoms with Gasteiger partial charge in [0.15, 0.2) is 5.56 Å². The number of nitrogens with two attached hydrogens (primary N) is 1. The fourth-order valence-electron chi connectivity index (χ4n) is 1.10. The highest BCUT2D eigenvalue weighted by atomic mass is 35.5. The molecule has 0 aromatic rings. The molecule has 12 heavy (non-hydrogen) atoms. The van der Waals surface area contributed by atoms with Gasteiger partial charge >= 0.3 is 0 Å². The fraction of sp³-hybridized carbons (Fsp3) is 1.00. The van der Waals surface area contributed by atoms with E-state index in [1.54, 1.807) is 0 Å². The fourth-order valence-corrected chi connectivity index (χ4v) is 1.40. The van der Waals surface area contributed by atoms with Crippen molar-refractivity contribution in [2.75, 3.05) is 6.61 Å². The van der Waals surface area contributed by atoms with Crippen molar-refractivity contribution in [3.8, 4) is 0 Å². The molecule has 72 valence electrons. The number of hydrogen-bond acceptors (Lipinski definition) is 5. The van der Waals surface area contributed by atoms with Crippen molar-refractivity contribution in [2.24, 2.45) is 5.73 Å². The zero-order chi connectivity index (χ0) is 9.30. The molecule has 1 rings (SSSR count). The lowest BCUT2D eigenvalue weighted by atomic mass is 9.98. The maximum absolute atomic E-state index is 9.30. The molecule has 1 heterocycles. The van der Waals surface area contributed by atoms with Gasteiger partial charge in [0.1, 0.15) is 18.3 Å². The Kier molecular flexibility index (Phi) is 3.28. The van der Waals surface area contributed by atoms with Crippen LogP contribution in [0, 0.1) is 0 Å². The van der Waals surface area contributed by atoms with E-state index in [9.17, 15) is 10.2 Å². The summed E-state index contributed by atoms with van der Waals surface area (Å²) in [5.74, 6) is 0. The van der Waals surface area contributed by atoms with E-state index in [0.29, 0.717) is 0 Å². The minimum atomic E-state index is -1.11. The monoisotopic (exact) mass is 197 g/mol. The summed E-state index contributed by atoms with van der Waals surface area (Å²) in [6.45, 7) is -0.370. The second kappa shape index (κ2) is 3.87. The topological polar surface area (TPSA) is 95.9 Å². The first-order chi connectivity index (χ1) is 5.57.